The molecule has 0 radical (unpaired) electrons. The van der Waals surface area contributed by atoms with E-state index >= 15 is 0 Å². The van der Waals surface area contributed by atoms with Gasteiger partial charge in [0.1, 0.15) is 24.1 Å². The van der Waals surface area contributed by atoms with Crippen LogP contribution in [0.2, 0.25) is 5.15 Å². The molecule has 0 aliphatic rings. The number of carboxylic acids is 1. The molecule has 4 N–H and O–H groups in total. The normalized spacial score (nSPS) is 12.9. The molecule has 1 unspecified atom stereocenters. The van der Waals surface area contributed by atoms with E-state index in [-0.39, 0.29) is 30.1 Å². The Morgan fingerprint density at radius 1 is 1.27 bits per heavy atom. The van der Waals surface area contributed by atoms with E-state index in [0.29, 0.717) is 6.61 Å². The molecule has 0 fully saturated rings. The molecule has 26 heavy (non-hydrogen) atoms. The number of anilines is 1. The van der Waals surface area contributed by atoms with Crippen LogP contribution >= 0.6 is 11.6 Å². The molecule has 2 rings (SSSR count). The smallest absolute Gasteiger partial charge is 0.308 e. The van der Waals surface area contributed by atoms with E-state index < -0.39 is 17.9 Å². The van der Waals surface area contributed by atoms with Crippen molar-refractivity contribution in [1.82, 2.24) is 9.97 Å². The Morgan fingerprint density at radius 3 is 2.62 bits per heavy atom. The average molecular weight is 381 g/mol. The zero-order chi connectivity index (χ0) is 18.9. The van der Waals surface area contributed by atoms with Crippen molar-refractivity contribution in [2.24, 2.45) is 11.7 Å². The van der Waals surface area contributed by atoms with Gasteiger partial charge >= 0.3 is 5.97 Å². The molecule has 0 saturated heterocycles. The third kappa shape index (κ3) is 6.05. The molecule has 0 saturated carbocycles. The van der Waals surface area contributed by atoms with Gasteiger partial charge in [0.15, 0.2) is 0 Å². The highest BCUT2D eigenvalue weighted by Gasteiger charge is 2.23. The second-order valence-electron chi connectivity index (χ2n) is 5.48. The van der Waals surface area contributed by atoms with Crippen molar-refractivity contribution in [3.05, 3.63) is 41.6 Å². The molecule has 0 amide bonds. The van der Waals surface area contributed by atoms with Crippen molar-refractivity contribution >= 4 is 23.5 Å². The molecular weight excluding hydrogens is 360 g/mol. The molecule has 8 nitrogen and oxygen atoms in total. The highest BCUT2D eigenvalue weighted by atomic mass is 35.5. The minimum absolute atomic E-state index is 0.102. The molecule has 140 valence electrons. The molecular formula is C17H21ClN4O4. The Bertz CT molecular complexity index is 717. The number of carboxylic acid groups (broad SMARTS) is 1. The summed E-state index contributed by atoms with van der Waals surface area (Å²) in [4.78, 5) is 19.3. The first kappa shape index (κ1) is 19.7. The third-order valence-electron chi connectivity index (χ3n) is 3.58. The lowest BCUT2D eigenvalue weighted by Gasteiger charge is -2.20. The number of nitrogens with two attached hydrogens (primary N) is 1. The van der Waals surface area contributed by atoms with Crippen LogP contribution in [0.25, 0.3) is 0 Å². The first-order valence-corrected chi connectivity index (χ1v) is 8.42. The van der Waals surface area contributed by atoms with Crippen LogP contribution in [0.3, 0.4) is 0 Å². The molecule has 0 aliphatic heterocycles. The van der Waals surface area contributed by atoms with Crippen LogP contribution in [-0.4, -0.2) is 46.8 Å². The van der Waals surface area contributed by atoms with Crippen LogP contribution < -0.4 is 20.5 Å². The highest BCUT2D eigenvalue weighted by molar-refractivity contribution is 6.29. The van der Waals surface area contributed by atoms with Crippen LogP contribution in [0.5, 0.6) is 11.6 Å². The predicted molar refractivity (Wildman–Crippen MR) is 97.7 cm³/mol. The number of nitrogens with zero attached hydrogens (tertiary/aromatic N) is 2. The molecule has 1 aromatic heterocycles. The van der Waals surface area contributed by atoms with Gasteiger partial charge in [-0.25, -0.2) is 4.98 Å². The van der Waals surface area contributed by atoms with Gasteiger partial charge in [-0.15, -0.1) is 0 Å². The maximum atomic E-state index is 11.1. The van der Waals surface area contributed by atoms with E-state index in [1.54, 1.807) is 6.92 Å². The lowest BCUT2D eigenvalue weighted by atomic mass is 10.0. The number of rotatable bonds is 10. The summed E-state index contributed by atoms with van der Waals surface area (Å²) in [6.45, 7) is 2.24. The topological polar surface area (TPSA) is 120 Å². The summed E-state index contributed by atoms with van der Waals surface area (Å²) < 4.78 is 11.1. The van der Waals surface area contributed by atoms with Gasteiger partial charge in [0.05, 0.1) is 12.0 Å². The number of carbonyl (C=O) groups is 1. The predicted octanol–water partition coefficient (Wildman–Crippen LogP) is 2.05. The molecule has 2 atom stereocenters. The van der Waals surface area contributed by atoms with Gasteiger partial charge in [-0.1, -0.05) is 29.8 Å². The van der Waals surface area contributed by atoms with Crippen LogP contribution in [-0.2, 0) is 4.79 Å². The number of benzene rings is 1. The van der Waals surface area contributed by atoms with Gasteiger partial charge in [-0.05, 0) is 19.1 Å². The van der Waals surface area contributed by atoms with Crippen molar-refractivity contribution in [1.29, 1.82) is 0 Å². The fourth-order valence-electron chi connectivity index (χ4n) is 2.08. The number of aromatic nitrogens is 2. The Labute approximate surface area is 156 Å². The van der Waals surface area contributed by atoms with E-state index in [4.69, 9.17) is 31.9 Å². The number of hydrogen-bond acceptors (Lipinski definition) is 7. The van der Waals surface area contributed by atoms with Crippen molar-refractivity contribution in [2.75, 3.05) is 25.1 Å². The van der Waals surface area contributed by atoms with E-state index in [1.807, 2.05) is 30.3 Å². The van der Waals surface area contributed by atoms with Gasteiger partial charge < -0.3 is 25.6 Å². The monoisotopic (exact) mass is 380 g/mol. The van der Waals surface area contributed by atoms with E-state index in [2.05, 4.69) is 15.3 Å². The second kappa shape index (κ2) is 9.79. The maximum absolute atomic E-state index is 11.1. The lowest BCUT2D eigenvalue weighted by Crippen LogP contribution is -2.39. The minimum Gasteiger partial charge on any atom is -0.490 e. The molecule has 0 aliphatic carbocycles. The number of aliphatic carboxylic acids is 1. The van der Waals surface area contributed by atoms with Crippen LogP contribution in [0.15, 0.2) is 36.4 Å². The summed E-state index contributed by atoms with van der Waals surface area (Å²) in [6, 6.07) is 10.3. The Morgan fingerprint density at radius 2 is 1.96 bits per heavy atom. The van der Waals surface area contributed by atoms with E-state index in [0.717, 1.165) is 5.75 Å². The van der Waals surface area contributed by atoms with Gasteiger partial charge in [0.25, 0.3) is 0 Å². The Balaban J connectivity index is 1.92. The van der Waals surface area contributed by atoms with Crippen LogP contribution in [0.1, 0.15) is 6.92 Å². The number of para-hydroxylation sites is 1. The molecule has 9 heteroatoms. The minimum atomic E-state index is -0.968. The summed E-state index contributed by atoms with van der Waals surface area (Å²) in [7, 11) is 0. The lowest BCUT2D eigenvalue weighted by molar-refractivity contribution is -0.141. The molecule has 1 heterocycles. The summed E-state index contributed by atoms with van der Waals surface area (Å²) in [5.74, 6) is -0.536. The van der Waals surface area contributed by atoms with Crippen molar-refractivity contribution < 1.29 is 19.4 Å². The van der Waals surface area contributed by atoms with Gasteiger partial charge in [-0.3, -0.25) is 4.79 Å². The first-order valence-electron chi connectivity index (χ1n) is 8.04. The zero-order valence-electron chi connectivity index (χ0n) is 14.3. The van der Waals surface area contributed by atoms with Crippen LogP contribution in [0.4, 0.5) is 5.95 Å². The zero-order valence-corrected chi connectivity index (χ0v) is 15.0. The second-order valence-corrected chi connectivity index (χ2v) is 5.86. The van der Waals surface area contributed by atoms with Crippen molar-refractivity contribution in [2.45, 2.75) is 13.0 Å². The van der Waals surface area contributed by atoms with Crippen LogP contribution in [0, 0.1) is 5.92 Å². The number of nitrogens with one attached hydrogen (secondary N) is 1. The molecule has 0 spiro atoms. The fraction of sp³-hybridized carbons (Fsp3) is 0.353. The summed E-state index contributed by atoms with van der Waals surface area (Å²) in [5, 5.41) is 12.2. The SMILES string of the molecule is C[C@@H](C(=O)O)C(CN)Nc1nc(Cl)cc(OCCOc2ccccc2)n1. The standard InChI is InChI=1S/C17H21ClN4O4/c1-11(16(23)24)13(10-19)20-17-21-14(18)9-15(22-17)26-8-7-25-12-5-3-2-4-6-12/h2-6,9,11,13H,7-8,10,19H2,1H3,(H,23,24)(H,20,21,22)/t11-,13?/m1/s1. The van der Waals surface area contributed by atoms with Gasteiger partial charge in [0.2, 0.25) is 11.8 Å². The van der Waals surface area contributed by atoms with Crippen molar-refractivity contribution in [3.8, 4) is 11.6 Å². The van der Waals surface area contributed by atoms with Crippen molar-refractivity contribution in [3.63, 3.8) is 0 Å². The Hall–Kier alpha value is -2.58. The number of ether oxygens (including phenoxy) is 2. The number of hydrogen-bond donors (Lipinski definition) is 3. The first-order chi connectivity index (χ1) is 12.5. The number of halogens is 1. The molecule has 0 bridgehead atoms. The average Bonchev–Trinajstić information content (AvgIpc) is 2.63. The molecule has 1 aromatic carbocycles. The highest BCUT2D eigenvalue weighted by Crippen LogP contribution is 2.18. The Kier molecular flexibility index (Phi) is 7.43. The summed E-state index contributed by atoms with van der Waals surface area (Å²) in [6.07, 6.45) is 0. The molecule has 2 aromatic rings. The fourth-order valence-corrected chi connectivity index (χ4v) is 2.26. The third-order valence-corrected chi connectivity index (χ3v) is 3.77. The quantitative estimate of drug-likeness (QED) is 0.423. The largest absolute Gasteiger partial charge is 0.490 e. The summed E-state index contributed by atoms with van der Waals surface area (Å²) in [5.41, 5.74) is 5.63. The van der Waals surface area contributed by atoms with Gasteiger partial charge in [0, 0.05) is 12.6 Å². The van der Waals surface area contributed by atoms with E-state index in [9.17, 15) is 4.79 Å². The van der Waals surface area contributed by atoms with E-state index in [1.165, 1.54) is 6.07 Å². The maximum Gasteiger partial charge on any atom is 0.308 e. The van der Waals surface area contributed by atoms with Gasteiger partial charge in [-0.2, -0.15) is 4.98 Å². The summed E-state index contributed by atoms with van der Waals surface area (Å²) >= 11 is 5.98.